The fraction of sp³-hybridized carbons (Fsp3) is 0.444. The summed E-state index contributed by atoms with van der Waals surface area (Å²) < 4.78 is 5.03. The molecule has 1 amide bonds. The number of aryl methyl sites for hydroxylation is 1. The molecule has 4 rings (SSSR count). The van der Waals surface area contributed by atoms with Crippen LogP contribution in [-0.2, 0) is 0 Å². The summed E-state index contributed by atoms with van der Waals surface area (Å²) in [4.78, 5) is 12.3. The Hall–Kier alpha value is -2.14. The highest BCUT2D eigenvalue weighted by Gasteiger charge is 2.39. The first-order valence-corrected chi connectivity index (χ1v) is 8.27. The van der Waals surface area contributed by atoms with Crippen molar-refractivity contribution in [1.82, 2.24) is 10.5 Å². The summed E-state index contributed by atoms with van der Waals surface area (Å²) in [6.07, 6.45) is 3.92. The molecular formula is C18H21N3O2. The summed E-state index contributed by atoms with van der Waals surface area (Å²) in [5.41, 5.74) is 2.64. The van der Waals surface area contributed by atoms with Crippen LogP contribution in [0, 0.1) is 12.8 Å². The Kier molecular flexibility index (Phi) is 3.65. The lowest BCUT2D eigenvalue weighted by molar-refractivity contribution is 0.102. The predicted molar refractivity (Wildman–Crippen MR) is 87.5 cm³/mol. The van der Waals surface area contributed by atoms with E-state index in [-0.39, 0.29) is 5.91 Å². The number of benzene rings is 1. The molecule has 2 aromatic rings. The Morgan fingerprint density at radius 3 is 2.96 bits per heavy atom. The second-order valence-corrected chi connectivity index (χ2v) is 6.71. The smallest absolute Gasteiger partial charge is 0.258 e. The van der Waals surface area contributed by atoms with Gasteiger partial charge in [-0.05, 0) is 56.3 Å². The SMILES string of the molecule is Cc1cc(NC(=O)c2cccc([C@@H]3C[C@H]3NCC3CC3)c2)on1. The first-order chi connectivity index (χ1) is 11.2. The highest BCUT2D eigenvalue weighted by molar-refractivity contribution is 6.03. The molecule has 120 valence electrons. The summed E-state index contributed by atoms with van der Waals surface area (Å²) in [7, 11) is 0. The van der Waals surface area contributed by atoms with Gasteiger partial charge in [0.05, 0.1) is 5.69 Å². The van der Waals surface area contributed by atoms with Crippen molar-refractivity contribution >= 4 is 11.8 Å². The van der Waals surface area contributed by atoms with Crippen LogP contribution in [0.2, 0.25) is 0 Å². The number of nitrogens with zero attached hydrogens (tertiary/aromatic N) is 1. The highest BCUT2D eigenvalue weighted by Crippen LogP contribution is 2.41. The van der Waals surface area contributed by atoms with Gasteiger partial charge in [0.1, 0.15) is 0 Å². The van der Waals surface area contributed by atoms with Crippen molar-refractivity contribution in [2.75, 3.05) is 11.9 Å². The number of anilines is 1. The molecule has 0 radical (unpaired) electrons. The number of carbonyl (C=O) groups excluding carboxylic acids is 1. The van der Waals surface area contributed by atoms with Crippen molar-refractivity contribution in [2.24, 2.45) is 5.92 Å². The fourth-order valence-corrected chi connectivity index (χ4v) is 2.95. The molecule has 2 atom stereocenters. The van der Waals surface area contributed by atoms with Crippen molar-refractivity contribution in [3.63, 3.8) is 0 Å². The first kappa shape index (κ1) is 14.5. The highest BCUT2D eigenvalue weighted by atomic mass is 16.5. The number of hydrogen-bond donors (Lipinski definition) is 2. The van der Waals surface area contributed by atoms with Crippen LogP contribution in [0.25, 0.3) is 0 Å². The molecule has 2 fully saturated rings. The monoisotopic (exact) mass is 311 g/mol. The third kappa shape index (κ3) is 3.45. The summed E-state index contributed by atoms with van der Waals surface area (Å²) in [5, 5.41) is 10.1. The lowest BCUT2D eigenvalue weighted by atomic mass is 10.1. The number of nitrogens with one attached hydrogen (secondary N) is 2. The van der Waals surface area contributed by atoms with E-state index in [2.05, 4.69) is 21.9 Å². The average molecular weight is 311 g/mol. The van der Waals surface area contributed by atoms with Gasteiger partial charge in [0.2, 0.25) is 5.88 Å². The Bertz CT molecular complexity index is 721. The zero-order chi connectivity index (χ0) is 15.8. The van der Waals surface area contributed by atoms with Crippen molar-refractivity contribution in [2.45, 2.75) is 38.1 Å². The van der Waals surface area contributed by atoms with E-state index in [1.165, 1.54) is 24.8 Å². The molecule has 0 unspecified atom stereocenters. The van der Waals surface area contributed by atoms with Gasteiger partial charge >= 0.3 is 0 Å². The number of carbonyl (C=O) groups is 1. The molecule has 2 aliphatic rings. The number of amides is 1. The minimum atomic E-state index is -0.161. The maximum absolute atomic E-state index is 12.3. The van der Waals surface area contributed by atoms with Gasteiger partial charge in [-0.1, -0.05) is 17.3 Å². The molecule has 2 N–H and O–H groups in total. The second kappa shape index (κ2) is 5.81. The minimum absolute atomic E-state index is 0.161. The third-order valence-electron chi connectivity index (χ3n) is 4.60. The molecule has 2 saturated carbocycles. The molecule has 0 spiro atoms. The van der Waals surface area contributed by atoms with Gasteiger partial charge in [0.15, 0.2) is 0 Å². The van der Waals surface area contributed by atoms with Gasteiger partial charge in [-0.3, -0.25) is 10.1 Å². The largest absolute Gasteiger partial charge is 0.338 e. The Labute approximate surface area is 135 Å². The van der Waals surface area contributed by atoms with E-state index in [1.807, 2.05) is 25.1 Å². The lowest BCUT2D eigenvalue weighted by Crippen LogP contribution is -2.20. The third-order valence-corrected chi connectivity index (χ3v) is 4.60. The van der Waals surface area contributed by atoms with Gasteiger partial charge in [-0.25, -0.2) is 0 Å². The zero-order valence-corrected chi connectivity index (χ0v) is 13.2. The maximum atomic E-state index is 12.3. The van der Waals surface area contributed by atoms with Crippen molar-refractivity contribution < 1.29 is 9.32 Å². The fourth-order valence-electron chi connectivity index (χ4n) is 2.95. The van der Waals surface area contributed by atoms with Crippen LogP contribution in [0.15, 0.2) is 34.9 Å². The summed E-state index contributed by atoms with van der Waals surface area (Å²) >= 11 is 0. The van der Waals surface area contributed by atoms with Crippen LogP contribution in [-0.4, -0.2) is 23.7 Å². The summed E-state index contributed by atoms with van der Waals surface area (Å²) in [6.45, 7) is 2.97. The molecule has 0 aliphatic heterocycles. The van der Waals surface area contributed by atoms with E-state index < -0.39 is 0 Å². The van der Waals surface area contributed by atoms with E-state index in [1.54, 1.807) is 6.07 Å². The van der Waals surface area contributed by atoms with Crippen LogP contribution in [0.5, 0.6) is 0 Å². The van der Waals surface area contributed by atoms with E-state index in [9.17, 15) is 4.79 Å². The van der Waals surface area contributed by atoms with Crippen LogP contribution < -0.4 is 10.6 Å². The molecule has 5 heteroatoms. The zero-order valence-electron chi connectivity index (χ0n) is 13.2. The second-order valence-electron chi connectivity index (χ2n) is 6.71. The van der Waals surface area contributed by atoms with E-state index in [0.717, 1.165) is 18.2 Å². The average Bonchev–Trinajstić information content (AvgIpc) is 3.45. The van der Waals surface area contributed by atoms with Crippen LogP contribution in [0.3, 0.4) is 0 Å². The van der Waals surface area contributed by atoms with Crippen LogP contribution >= 0.6 is 0 Å². The van der Waals surface area contributed by atoms with Crippen molar-refractivity contribution in [3.8, 4) is 0 Å². The molecular weight excluding hydrogens is 290 g/mol. The van der Waals surface area contributed by atoms with Crippen LogP contribution in [0.4, 0.5) is 5.88 Å². The standard InChI is InChI=1S/C18H21N3O2/c1-11-7-17(23-21-11)20-18(22)14-4-2-3-13(8-14)15-9-16(15)19-10-12-5-6-12/h2-4,7-8,12,15-16,19H,5-6,9-10H2,1H3,(H,20,22)/t15-,16+/m0/s1. The Morgan fingerprint density at radius 1 is 1.35 bits per heavy atom. The molecule has 23 heavy (non-hydrogen) atoms. The van der Waals surface area contributed by atoms with Gasteiger partial charge in [-0.2, -0.15) is 0 Å². The molecule has 0 saturated heterocycles. The molecule has 1 heterocycles. The molecule has 1 aromatic heterocycles. The number of hydrogen-bond acceptors (Lipinski definition) is 4. The summed E-state index contributed by atoms with van der Waals surface area (Å²) in [6, 6.07) is 10.2. The van der Waals surface area contributed by atoms with Crippen molar-refractivity contribution in [3.05, 3.63) is 47.2 Å². The molecule has 2 aliphatic carbocycles. The maximum Gasteiger partial charge on any atom is 0.258 e. The van der Waals surface area contributed by atoms with Crippen LogP contribution in [0.1, 0.15) is 46.8 Å². The normalized spacial score (nSPS) is 22.8. The Morgan fingerprint density at radius 2 is 2.22 bits per heavy atom. The van der Waals surface area contributed by atoms with Crippen molar-refractivity contribution in [1.29, 1.82) is 0 Å². The van der Waals surface area contributed by atoms with E-state index >= 15 is 0 Å². The molecule has 5 nitrogen and oxygen atoms in total. The van der Waals surface area contributed by atoms with E-state index in [4.69, 9.17) is 4.52 Å². The topological polar surface area (TPSA) is 67.2 Å². The lowest BCUT2D eigenvalue weighted by Gasteiger charge is -2.06. The van der Waals surface area contributed by atoms with E-state index in [0.29, 0.717) is 23.4 Å². The molecule has 1 aromatic carbocycles. The number of aromatic nitrogens is 1. The molecule has 0 bridgehead atoms. The Balaban J connectivity index is 1.39. The first-order valence-electron chi connectivity index (χ1n) is 8.27. The minimum Gasteiger partial charge on any atom is -0.338 e. The number of rotatable bonds is 6. The van der Waals surface area contributed by atoms with Gasteiger partial charge in [-0.15, -0.1) is 0 Å². The van der Waals surface area contributed by atoms with Gasteiger partial charge in [0, 0.05) is 23.6 Å². The van der Waals surface area contributed by atoms with Gasteiger partial charge < -0.3 is 9.84 Å². The predicted octanol–water partition coefficient (Wildman–Crippen LogP) is 3.09. The van der Waals surface area contributed by atoms with Gasteiger partial charge in [0.25, 0.3) is 5.91 Å². The quantitative estimate of drug-likeness (QED) is 0.860. The summed E-state index contributed by atoms with van der Waals surface area (Å²) in [5.74, 6) is 1.66.